The van der Waals surface area contributed by atoms with E-state index in [0.717, 1.165) is 6.26 Å². The van der Waals surface area contributed by atoms with Crippen molar-refractivity contribution in [3.05, 3.63) is 12.4 Å². The van der Waals surface area contributed by atoms with Crippen LogP contribution >= 0.6 is 0 Å². The minimum absolute atomic E-state index is 0.0248. The Balaban J connectivity index is 2.46. The number of aliphatic hydroxyl groups excluding tert-OH is 1. The van der Waals surface area contributed by atoms with E-state index in [1.165, 1.54) is 17.1 Å². The number of nitrogens with one attached hydrogen (secondary N) is 1. The lowest BCUT2D eigenvalue weighted by atomic mass is 10.2. The Morgan fingerprint density at radius 1 is 1.52 bits per heavy atom. The molecule has 8 nitrogen and oxygen atoms in total. The average molecular weight is 319 g/mol. The molecule has 0 aliphatic carbocycles. The van der Waals surface area contributed by atoms with Gasteiger partial charge in [0.15, 0.2) is 9.84 Å². The molecule has 0 aromatic carbocycles. The zero-order valence-electron chi connectivity index (χ0n) is 12.5. The van der Waals surface area contributed by atoms with Gasteiger partial charge in [0.1, 0.15) is 10.5 Å². The lowest BCUT2D eigenvalue weighted by molar-refractivity contribution is 0.0482. The van der Waals surface area contributed by atoms with Crippen LogP contribution in [0, 0.1) is 0 Å². The highest BCUT2D eigenvalue weighted by molar-refractivity contribution is 7.90. The molecule has 1 aromatic rings. The fourth-order valence-corrected chi connectivity index (χ4v) is 1.98. The Labute approximate surface area is 124 Å². The molecule has 9 heteroatoms. The minimum Gasteiger partial charge on any atom is -0.444 e. The number of carbonyl (C=O) groups is 1. The number of rotatable bonds is 5. The van der Waals surface area contributed by atoms with Crippen molar-refractivity contribution in [1.82, 2.24) is 15.1 Å². The molecular weight excluding hydrogens is 298 g/mol. The number of hydrogen-bond donors (Lipinski definition) is 2. The molecule has 120 valence electrons. The summed E-state index contributed by atoms with van der Waals surface area (Å²) in [5.74, 6) is 0. The monoisotopic (exact) mass is 319 g/mol. The number of alkyl carbamates (subject to hydrolysis) is 1. The molecule has 1 amide bonds. The normalized spacial score (nSPS) is 13.8. The van der Waals surface area contributed by atoms with E-state index in [-0.39, 0.29) is 18.0 Å². The van der Waals surface area contributed by atoms with E-state index in [1.807, 2.05) is 0 Å². The third kappa shape index (κ3) is 6.58. The summed E-state index contributed by atoms with van der Waals surface area (Å²) in [6.07, 6.45) is 2.08. The first-order valence-corrected chi connectivity index (χ1v) is 8.24. The minimum atomic E-state index is -3.32. The SMILES string of the molecule is CC(C)(C)OC(=O)NCC(O)Cn1cc(S(C)(=O)=O)cn1. The molecular formula is C12H21N3O5S. The third-order valence-corrected chi connectivity index (χ3v) is 3.38. The van der Waals surface area contributed by atoms with Crippen molar-refractivity contribution in [2.75, 3.05) is 12.8 Å². The number of amides is 1. The molecule has 0 saturated heterocycles. The fraction of sp³-hybridized carbons (Fsp3) is 0.667. The number of ether oxygens (including phenoxy) is 1. The largest absolute Gasteiger partial charge is 0.444 e. The van der Waals surface area contributed by atoms with Crippen molar-refractivity contribution < 1.29 is 23.1 Å². The van der Waals surface area contributed by atoms with E-state index in [4.69, 9.17) is 4.74 Å². The smallest absolute Gasteiger partial charge is 0.407 e. The molecule has 0 bridgehead atoms. The van der Waals surface area contributed by atoms with E-state index in [9.17, 15) is 18.3 Å². The Morgan fingerprint density at radius 3 is 2.62 bits per heavy atom. The first-order valence-electron chi connectivity index (χ1n) is 6.35. The molecule has 0 saturated carbocycles. The predicted molar refractivity (Wildman–Crippen MR) is 75.6 cm³/mol. The second kappa shape index (κ2) is 6.44. The van der Waals surface area contributed by atoms with E-state index >= 15 is 0 Å². The predicted octanol–water partition coefficient (Wildman–Crippen LogP) is 0.172. The Kier molecular flexibility index (Phi) is 5.35. The quantitative estimate of drug-likeness (QED) is 0.800. The molecule has 1 unspecified atom stereocenters. The summed E-state index contributed by atoms with van der Waals surface area (Å²) < 4.78 is 28.9. The van der Waals surface area contributed by atoms with Crippen molar-refractivity contribution >= 4 is 15.9 Å². The first kappa shape index (κ1) is 17.4. The number of aliphatic hydroxyl groups is 1. The molecule has 1 aromatic heterocycles. The molecule has 0 radical (unpaired) electrons. The number of hydrogen-bond acceptors (Lipinski definition) is 6. The summed E-state index contributed by atoms with van der Waals surface area (Å²) in [5, 5.41) is 16.0. The molecule has 1 rings (SSSR count). The van der Waals surface area contributed by atoms with Gasteiger partial charge < -0.3 is 15.2 Å². The maximum atomic E-state index is 11.4. The molecule has 1 heterocycles. The standard InChI is InChI=1S/C12H21N3O5S/c1-12(2,3)20-11(17)13-5-9(16)7-15-8-10(6-14-15)21(4,18)19/h6,8-9,16H,5,7H2,1-4H3,(H,13,17). The lowest BCUT2D eigenvalue weighted by Crippen LogP contribution is -2.38. The van der Waals surface area contributed by atoms with Crippen LogP contribution in [0.5, 0.6) is 0 Å². The van der Waals surface area contributed by atoms with E-state index in [1.54, 1.807) is 20.8 Å². The van der Waals surface area contributed by atoms with Crippen molar-refractivity contribution in [2.45, 2.75) is 43.9 Å². The fourth-order valence-electron chi connectivity index (χ4n) is 1.43. The van der Waals surface area contributed by atoms with Crippen LogP contribution in [0.2, 0.25) is 0 Å². The van der Waals surface area contributed by atoms with Gasteiger partial charge in [0.05, 0.1) is 18.8 Å². The van der Waals surface area contributed by atoms with Gasteiger partial charge in [-0.3, -0.25) is 4.68 Å². The maximum absolute atomic E-state index is 11.4. The Bertz CT molecular complexity index is 588. The zero-order valence-corrected chi connectivity index (χ0v) is 13.3. The van der Waals surface area contributed by atoms with Crippen LogP contribution in [0.1, 0.15) is 20.8 Å². The Morgan fingerprint density at radius 2 is 2.14 bits per heavy atom. The highest BCUT2D eigenvalue weighted by Crippen LogP contribution is 2.07. The van der Waals surface area contributed by atoms with Gasteiger partial charge in [-0.15, -0.1) is 0 Å². The van der Waals surface area contributed by atoms with Crippen molar-refractivity contribution in [1.29, 1.82) is 0 Å². The summed E-state index contributed by atoms with van der Waals surface area (Å²) in [7, 11) is -3.32. The van der Waals surface area contributed by atoms with E-state index in [2.05, 4.69) is 10.4 Å². The second-order valence-corrected chi connectivity index (χ2v) is 7.72. The highest BCUT2D eigenvalue weighted by atomic mass is 32.2. The third-order valence-electron chi connectivity index (χ3n) is 2.32. The molecule has 1 atom stereocenters. The summed E-state index contributed by atoms with van der Waals surface area (Å²) in [5.41, 5.74) is -0.610. The van der Waals surface area contributed by atoms with Crippen molar-refractivity contribution in [2.24, 2.45) is 0 Å². The van der Waals surface area contributed by atoms with Crippen LogP contribution in [0.4, 0.5) is 4.79 Å². The van der Waals surface area contributed by atoms with Gasteiger partial charge in [-0.1, -0.05) is 0 Å². The maximum Gasteiger partial charge on any atom is 0.407 e. The van der Waals surface area contributed by atoms with Crippen LogP contribution in [-0.4, -0.2) is 53.9 Å². The van der Waals surface area contributed by atoms with Gasteiger partial charge in [0.2, 0.25) is 0 Å². The summed E-state index contributed by atoms with van der Waals surface area (Å²) >= 11 is 0. The average Bonchev–Trinajstić information content (AvgIpc) is 2.72. The van der Waals surface area contributed by atoms with E-state index in [0.29, 0.717) is 0 Å². The van der Waals surface area contributed by atoms with Gasteiger partial charge in [-0.05, 0) is 20.8 Å². The number of carbonyl (C=O) groups excluding carboxylic acids is 1. The topological polar surface area (TPSA) is 111 Å². The molecule has 0 aliphatic rings. The molecule has 0 aliphatic heterocycles. The first-order chi connectivity index (χ1) is 9.47. The van der Waals surface area contributed by atoms with E-state index < -0.39 is 27.6 Å². The number of nitrogens with zero attached hydrogens (tertiary/aromatic N) is 2. The van der Waals surface area contributed by atoms with Crippen LogP contribution in [0.25, 0.3) is 0 Å². The number of aromatic nitrogens is 2. The summed E-state index contributed by atoms with van der Waals surface area (Å²) in [6.45, 7) is 5.24. The highest BCUT2D eigenvalue weighted by Gasteiger charge is 2.17. The zero-order chi connectivity index (χ0) is 16.3. The van der Waals surface area contributed by atoms with Gasteiger partial charge >= 0.3 is 6.09 Å². The van der Waals surface area contributed by atoms with Gasteiger partial charge in [-0.25, -0.2) is 13.2 Å². The van der Waals surface area contributed by atoms with Gasteiger partial charge in [-0.2, -0.15) is 5.10 Å². The summed E-state index contributed by atoms with van der Waals surface area (Å²) in [6, 6.07) is 0. The lowest BCUT2D eigenvalue weighted by Gasteiger charge is -2.20. The van der Waals surface area contributed by atoms with Crippen LogP contribution in [0.3, 0.4) is 0 Å². The second-order valence-electron chi connectivity index (χ2n) is 5.71. The Hall–Kier alpha value is -1.61. The van der Waals surface area contributed by atoms with Crippen molar-refractivity contribution in [3.63, 3.8) is 0 Å². The van der Waals surface area contributed by atoms with Crippen LogP contribution in [0.15, 0.2) is 17.3 Å². The molecule has 21 heavy (non-hydrogen) atoms. The summed E-state index contributed by atoms with van der Waals surface area (Å²) in [4.78, 5) is 11.5. The van der Waals surface area contributed by atoms with Crippen molar-refractivity contribution in [3.8, 4) is 0 Å². The van der Waals surface area contributed by atoms with Gasteiger partial charge in [0.25, 0.3) is 0 Å². The molecule has 2 N–H and O–H groups in total. The number of sulfone groups is 1. The van der Waals surface area contributed by atoms with Gasteiger partial charge in [0, 0.05) is 19.0 Å². The van der Waals surface area contributed by atoms with Crippen LogP contribution < -0.4 is 5.32 Å². The van der Waals surface area contributed by atoms with Crippen LogP contribution in [-0.2, 0) is 21.1 Å². The molecule has 0 fully saturated rings. The molecule has 0 spiro atoms.